The molecule has 0 bridgehead atoms. The molecule has 0 saturated heterocycles. The first kappa shape index (κ1) is 22.7. The van der Waals surface area contributed by atoms with Crippen molar-refractivity contribution in [3.63, 3.8) is 0 Å². The largest absolute Gasteiger partial charge is 0.354 e. The molecule has 3 aromatic rings. The van der Waals surface area contributed by atoms with Crippen LogP contribution < -0.4 is 5.73 Å². The molecule has 170 valence electrons. The number of hydrogen-bond acceptors (Lipinski definition) is 3. The number of nitrogens with zero attached hydrogens (tertiary/aromatic N) is 1. The molecule has 1 aliphatic rings. The van der Waals surface area contributed by atoms with E-state index in [1.165, 1.54) is 10.9 Å². The summed E-state index contributed by atoms with van der Waals surface area (Å²) in [6.07, 6.45) is 6.76. The van der Waals surface area contributed by atoms with Crippen LogP contribution in [0.2, 0.25) is 0 Å². The van der Waals surface area contributed by atoms with Crippen molar-refractivity contribution in [1.82, 2.24) is 9.97 Å². The molecule has 4 nitrogen and oxygen atoms in total. The molecule has 0 amide bonds. The molecule has 0 spiro atoms. The van der Waals surface area contributed by atoms with Gasteiger partial charge in [0.1, 0.15) is 5.78 Å². The quantitative estimate of drug-likeness (QED) is 0.473. The van der Waals surface area contributed by atoms with E-state index in [2.05, 4.69) is 68.0 Å². The molecule has 3 N–H and O–H groups in total. The van der Waals surface area contributed by atoms with E-state index < -0.39 is 5.41 Å². The SMILES string of the molecule is Cc1cc(-c2[nH]c3ccc(C(C)(C)C(=O)CC4CCC(N)CC4)cc3c2C(C)C)ccn1. The molecule has 1 aliphatic carbocycles. The number of ketones is 1. The second-order valence-corrected chi connectivity index (χ2v) is 10.5. The summed E-state index contributed by atoms with van der Waals surface area (Å²) in [4.78, 5) is 21.4. The van der Waals surface area contributed by atoms with Gasteiger partial charge in [-0.05, 0) is 93.7 Å². The Labute approximate surface area is 192 Å². The second-order valence-electron chi connectivity index (χ2n) is 10.5. The van der Waals surface area contributed by atoms with Gasteiger partial charge in [0.25, 0.3) is 0 Å². The van der Waals surface area contributed by atoms with Crippen LogP contribution in [-0.4, -0.2) is 21.8 Å². The molecule has 0 radical (unpaired) electrons. The van der Waals surface area contributed by atoms with Crippen LogP contribution in [0.25, 0.3) is 22.2 Å². The number of benzene rings is 1. The van der Waals surface area contributed by atoms with E-state index in [4.69, 9.17) is 5.73 Å². The van der Waals surface area contributed by atoms with Crippen molar-refractivity contribution in [3.8, 4) is 11.3 Å². The summed E-state index contributed by atoms with van der Waals surface area (Å²) in [5.74, 6) is 1.17. The number of aromatic amines is 1. The molecule has 2 heterocycles. The number of H-pyrrole nitrogens is 1. The van der Waals surface area contributed by atoms with Crippen LogP contribution in [0.1, 0.15) is 82.5 Å². The number of fused-ring (bicyclic) bond motifs is 1. The van der Waals surface area contributed by atoms with E-state index in [0.29, 0.717) is 30.1 Å². The number of pyridine rings is 1. The lowest BCUT2D eigenvalue weighted by Crippen LogP contribution is -2.33. The monoisotopic (exact) mass is 431 g/mol. The highest BCUT2D eigenvalue weighted by Gasteiger charge is 2.33. The minimum absolute atomic E-state index is 0.318. The molecule has 4 heteroatoms. The molecule has 0 atom stereocenters. The second kappa shape index (κ2) is 8.82. The van der Waals surface area contributed by atoms with Gasteiger partial charge in [0.15, 0.2) is 0 Å². The summed E-state index contributed by atoms with van der Waals surface area (Å²) in [7, 11) is 0. The van der Waals surface area contributed by atoms with E-state index in [0.717, 1.165) is 53.7 Å². The number of carbonyl (C=O) groups excluding carboxylic acids is 1. The lowest BCUT2D eigenvalue weighted by Gasteiger charge is -2.30. The zero-order valence-electron chi connectivity index (χ0n) is 20.2. The Hall–Kier alpha value is -2.46. The van der Waals surface area contributed by atoms with Crippen molar-refractivity contribution in [2.75, 3.05) is 0 Å². The Bertz CT molecular complexity index is 1120. The van der Waals surface area contributed by atoms with Crippen LogP contribution in [0.4, 0.5) is 0 Å². The first-order chi connectivity index (χ1) is 15.2. The van der Waals surface area contributed by atoms with Gasteiger partial charge in [-0.15, -0.1) is 0 Å². The van der Waals surface area contributed by atoms with Crippen LogP contribution in [0.3, 0.4) is 0 Å². The molecule has 0 aliphatic heterocycles. The smallest absolute Gasteiger partial charge is 0.143 e. The number of Topliss-reactive ketones (excluding diaryl/α,β-unsaturated/α-hetero) is 1. The molecule has 0 unspecified atom stereocenters. The average molecular weight is 432 g/mol. The Kier molecular flexibility index (Phi) is 6.26. The highest BCUT2D eigenvalue weighted by molar-refractivity contribution is 5.95. The van der Waals surface area contributed by atoms with Crippen LogP contribution in [-0.2, 0) is 10.2 Å². The standard InChI is InChI=1S/C28H37N3O/c1-17(2)26-23-16-21(28(4,5)25(32)15-19-6-9-22(29)10-7-19)8-11-24(23)31-27(26)20-12-13-30-18(3)14-20/h8,11-14,16-17,19,22,31H,6-7,9-10,15,29H2,1-5H3. The van der Waals surface area contributed by atoms with Gasteiger partial charge < -0.3 is 10.7 Å². The summed E-state index contributed by atoms with van der Waals surface area (Å²) >= 11 is 0. The molecule has 1 aromatic carbocycles. The van der Waals surface area contributed by atoms with Gasteiger partial charge >= 0.3 is 0 Å². The van der Waals surface area contributed by atoms with Gasteiger partial charge in [-0.25, -0.2) is 0 Å². The predicted molar refractivity (Wildman–Crippen MR) is 133 cm³/mol. The van der Waals surface area contributed by atoms with Gasteiger partial charge in [-0.2, -0.15) is 0 Å². The Morgan fingerprint density at radius 3 is 2.53 bits per heavy atom. The van der Waals surface area contributed by atoms with Gasteiger partial charge in [0.2, 0.25) is 0 Å². The van der Waals surface area contributed by atoms with Crippen molar-refractivity contribution in [1.29, 1.82) is 0 Å². The van der Waals surface area contributed by atoms with Crippen LogP contribution in [0.15, 0.2) is 36.5 Å². The minimum Gasteiger partial charge on any atom is -0.354 e. The fraction of sp³-hybridized carbons (Fsp3) is 0.500. The van der Waals surface area contributed by atoms with Crippen LogP contribution in [0, 0.1) is 12.8 Å². The number of rotatable bonds is 6. The summed E-state index contributed by atoms with van der Waals surface area (Å²) < 4.78 is 0. The van der Waals surface area contributed by atoms with Crippen molar-refractivity contribution in [2.24, 2.45) is 11.7 Å². The number of aromatic nitrogens is 2. The van der Waals surface area contributed by atoms with Crippen molar-refractivity contribution >= 4 is 16.7 Å². The summed E-state index contributed by atoms with van der Waals surface area (Å²) in [6.45, 7) is 10.7. The molecule has 32 heavy (non-hydrogen) atoms. The van der Waals surface area contributed by atoms with Crippen molar-refractivity contribution < 1.29 is 4.79 Å². The van der Waals surface area contributed by atoms with E-state index >= 15 is 0 Å². The lowest BCUT2D eigenvalue weighted by atomic mass is 9.74. The summed E-state index contributed by atoms with van der Waals surface area (Å²) in [6, 6.07) is 11.0. The average Bonchev–Trinajstić information content (AvgIpc) is 3.14. The summed E-state index contributed by atoms with van der Waals surface area (Å²) in [5.41, 5.74) is 12.4. The normalized spacial score (nSPS) is 19.6. The number of nitrogens with one attached hydrogen (secondary N) is 1. The molecular weight excluding hydrogens is 394 g/mol. The zero-order chi connectivity index (χ0) is 23.0. The Morgan fingerprint density at radius 1 is 1.16 bits per heavy atom. The first-order valence-electron chi connectivity index (χ1n) is 12.0. The van der Waals surface area contributed by atoms with Crippen molar-refractivity contribution in [3.05, 3.63) is 53.3 Å². The number of carbonyl (C=O) groups is 1. The maximum absolute atomic E-state index is 13.4. The number of nitrogens with two attached hydrogens (primary N) is 1. The van der Waals surface area contributed by atoms with Gasteiger partial charge in [0.05, 0.1) is 5.69 Å². The Morgan fingerprint density at radius 2 is 1.88 bits per heavy atom. The maximum Gasteiger partial charge on any atom is 0.143 e. The highest BCUT2D eigenvalue weighted by atomic mass is 16.1. The predicted octanol–water partition coefficient (Wildman–Crippen LogP) is 6.42. The van der Waals surface area contributed by atoms with Crippen molar-refractivity contribution in [2.45, 2.75) is 84.1 Å². The van der Waals surface area contributed by atoms with E-state index in [1.54, 1.807) is 0 Å². The third-order valence-electron chi connectivity index (χ3n) is 7.39. The topological polar surface area (TPSA) is 71.8 Å². The molecule has 1 fully saturated rings. The molecule has 2 aromatic heterocycles. The molecular formula is C28H37N3O. The minimum atomic E-state index is -0.507. The fourth-order valence-corrected chi connectivity index (χ4v) is 5.20. The van der Waals surface area contributed by atoms with E-state index in [-0.39, 0.29) is 0 Å². The summed E-state index contributed by atoms with van der Waals surface area (Å²) in [5, 5.41) is 1.21. The van der Waals surface area contributed by atoms with Crippen LogP contribution >= 0.6 is 0 Å². The first-order valence-corrected chi connectivity index (χ1v) is 12.0. The van der Waals surface area contributed by atoms with Crippen LogP contribution in [0.5, 0.6) is 0 Å². The molecule has 4 rings (SSSR count). The third-order valence-corrected chi connectivity index (χ3v) is 7.39. The van der Waals surface area contributed by atoms with E-state index in [1.807, 2.05) is 13.1 Å². The third kappa shape index (κ3) is 4.38. The van der Waals surface area contributed by atoms with E-state index in [9.17, 15) is 4.79 Å². The van der Waals surface area contributed by atoms with Gasteiger partial charge in [-0.3, -0.25) is 9.78 Å². The number of aryl methyl sites for hydroxylation is 1. The van der Waals surface area contributed by atoms with Gasteiger partial charge in [-0.1, -0.05) is 19.9 Å². The fourth-order valence-electron chi connectivity index (χ4n) is 5.20. The molecule has 1 saturated carbocycles. The Balaban J connectivity index is 1.69. The highest BCUT2D eigenvalue weighted by Crippen LogP contribution is 2.39. The number of hydrogen-bond donors (Lipinski definition) is 2. The van der Waals surface area contributed by atoms with Gasteiger partial charge in [0, 0.05) is 46.2 Å². The lowest BCUT2D eigenvalue weighted by molar-refractivity contribution is -0.124. The maximum atomic E-state index is 13.4. The zero-order valence-corrected chi connectivity index (χ0v) is 20.2.